The van der Waals surface area contributed by atoms with E-state index >= 15 is 0 Å². The molecule has 116 valence electrons. The summed E-state index contributed by atoms with van der Waals surface area (Å²) in [5.41, 5.74) is -0.575. The number of fused-ring (bicyclic) bond motifs is 1. The van der Waals surface area contributed by atoms with E-state index in [1.54, 1.807) is 0 Å². The average molecular weight is 300 g/mol. The summed E-state index contributed by atoms with van der Waals surface area (Å²) in [5, 5.41) is 6.72. The van der Waals surface area contributed by atoms with Crippen molar-refractivity contribution >= 4 is 11.3 Å². The normalized spacial score (nSPS) is 15.1. The van der Waals surface area contributed by atoms with Crippen LogP contribution in [0.25, 0.3) is 5.52 Å². The van der Waals surface area contributed by atoms with Crippen LogP contribution in [0.1, 0.15) is 39.3 Å². The Balaban J connectivity index is 2.26. The Labute approximate surface area is 121 Å². The Morgan fingerprint density at radius 3 is 2.67 bits per heavy atom. The zero-order valence-electron chi connectivity index (χ0n) is 12.3. The number of nitrogens with zero attached hydrogens (tertiary/aromatic N) is 3. The van der Waals surface area contributed by atoms with Crippen molar-refractivity contribution in [2.45, 2.75) is 45.8 Å². The van der Waals surface area contributed by atoms with E-state index < -0.39 is 11.9 Å². The second-order valence-electron chi connectivity index (χ2n) is 5.43. The molecule has 0 aliphatic carbocycles. The Bertz CT molecular complexity index is 606. The van der Waals surface area contributed by atoms with Crippen LogP contribution in [0, 0.1) is 5.92 Å². The zero-order chi connectivity index (χ0) is 15.6. The van der Waals surface area contributed by atoms with Gasteiger partial charge in [0.05, 0.1) is 0 Å². The molecule has 0 fully saturated rings. The highest BCUT2D eigenvalue weighted by molar-refractivity contribution is 5.68. The summed E-state index contributed by atoms with van der Waals surface area (Å²) in [6.45, 7) is 6.26. The zero-order valence-corrected chi connectivity index (χ0v) is 12.3. The molecule has 2 atom stereocenters. The van der Waals surface area contributed by atoms with E-state index in [0.29, 0.717) is 17.3 Å². The van der Waals surface area contributed by atoms with Gasteiger partial charge in [-0.15, -0.1) is 0 Å². The smallest absolute Gasteiger partial charge is 0.366 e. The van der Waals surface area contributed by atoms with Crippen molar-refractivity contribution in [1.82, 2.24) is 14.6 Å². The number of hydrogen-bond acceptors (Lipinski definition) is 3. The third-order valence-corrected chi connectivity index (χ3v) is 3.52. The van der Waals surface area contributed by atoms with Crippen LogP contribution >= 0.6 is 0 Å². The molecule has 2 aromatic heterocycles. The van der Waals surface area contributed by atoms with Crippen molar-refractivity contribution in [3.63, 3.8) is 0 Å². The molecule has 0 saturated carbocycles. The van der Waals surface area contributed by atoms with Gasteiger partial charge in [-0.3, -0.25) is 0 Å². The van der Waals surface area contributed by atoms with Crippen molar-refractivity contribution < 1.29 is 13.2 Å². The van der Waals surface area contributed by atoms with E-state index in [-0.39, 0.29) is 6.04 Å². The number of nitrogens with one attached hydrogen (secondary N) is 1. The molecule has 2 rings (SSSR count). The van der Waals surface area contributed by atoms with E-state index in [1.165, 1.54) is 16.9 Å². The van der Waals surface area contributed by atoms with Gasteiger partial charge in [0.2, 0.25) is 0 Å². The Morgan fingerprint density at radius 2 is 2.05 bits per heavy atom. The molecule has 7 heteroatoms. The molecule has 0 saturated heterocycles. The molecule has 0 aliphatic heterocycles. The van der Waals surface area contributed by atoms with Gasteiger partial charge in [0.25, 0.3) is 0 Å². The largest absolute Gasteiger partial charge is 0.435 e. The molecule has 0 amide bonds. The summed E-state index contributed by atoms with van der Waals surface area (Å²) in [7, 11) is 0. The van der Waals surface area contributed by atoms with Crippen molar-refractivity contribution in [2.75, 3.05) is 5.32 Å². The van der Waals surface area contributed by atoms with Crippen LogP contribution in [0.5, 0.6) is 0 Å². The van der Waals surface area contributed by atoms with Gasteiger partial charge in [-0.2, -0.15) is 18.3 Å². The lowest BCUT2D eigenvalue weighted by molar-refractivity contribution is -0.141. The van der Waals surface area contributed by atoms with Gasteiger partial charge < -0.3 is 5.32 Å². The minimum Gasteiger partial charge on any atom is -0.366 e. The van der Waals surface area contributed by atoms with E-state index in [0.717, 1.165) is 18.9 Å². The van der Waals surface area contributed by atoms with Crippen LogP contribution in [0.3, 0.4) is 0 Å². The van der Waals surface area contributed by atoms with E-state index in [2.05, 4.69) is 29.2 Å². The maximum atomic E-state index is 12.7. The van der Waals surface area contributed by atoms with Gasteiger partial charge >= 0.3 is 6.18 Å². The maximum Gasteiger partial charge on any atom is 0.435 e. The van der Waals surface area contributed by atoms with Crippen LogP contribution in [0.15, 0.2) is 18.5 Å². The fraction of sp³-hybridized carbons (Fsp3) is 0.571. The van der Waals surface area contributed by atoms with Crippen LogP contribution in [-0.2, 0) is 6.18 Å². The lowest BCUT2D eigenvalue weighted by Gasteiger charge is -2.18. The summed E-state index contributed by atoms with van der Waals surface area (Å²) >= 11 is 0. The molecule has 2 unspecified atom stereocenters. The number of hydrogen-bond donors (Lipinski definition) is 1. The minimum absolute atomic E-state index is 0.128. The lowest BCUT2D eigenvalue weighted by Crippen LogP contribution is -2.19. The van der Waals surface area contributed by atoms with Gasteiger partial charge in [-0.1, -0.05) is 20.3 Å². The number of rotatable bonds is 5. The van der Waals surface area contributed by atoms with Gasteiger partial charge in [0.15, 0.2) is 11.5 Å². The number of anilines is 1. The van der Waals surface area contributed by atoms with E-state index in [1.807, 2.05) is 6.92 Å². The average Bonchev–Trinajstić information content (AvgIpc) is 2.83. The Kier molecular flexibility index (Phi) is 4.39. The summed E-state index contributed by atoms with van der Waals surface area (Å²) in [4.78, 5) is 4.14. The fourth-order valence-corrected chi connectivity index (χ4v) is 2.23. The predicted octanol–water partition coefficient (Wildman–Crippen LogP) is 3.98. The Morgan fingerprint density at radius 1 is 1.33 bits per heavy atom. The first-order valence-electron chi connectivity index (χ1n) is 6.99. The van der Waals surface area contributed by atoms with Gasteiger partial charge in [-0.25, -0.2) is 9.50 Å². The monoisotopic (exact) mass is 300 g/mol. The molecule has 1 N–H and O–H groups in total. The molecule has 2 heterocycles. The number of halogens is 3. The van der Waals surface area contributed by atoms with Gasteiger partial charge in [0, 0.05) is 24.5 Å². The highest BCUT2D eigenvalue weighted by Crippen LogP contribution is 2.30. The van der Waals surface area contributed by atoms with Crippen molar-refractivity contribution in [2.24, 2.45) is 5.92 Å². The Hall–Kier alpha value is -1.79. The summed E-state index contributed by atoms with van der Waals surface area (Å²) in [5.74, 6) is 0.971. The predicted molar refractivity (Wildman–Crippen MR) is 75.1 cm³/mol. The summed E-state index contributed by atoms with van der Waals surface area (Å²) < 4.78 is 39.4. The summed E-state index contributed by atoms with van der Waals surface area (Å²) in [6, 6.07) is 1.15. The fourth-order valence-electron chi connectivity index (χ4n) is 2.23. The molecule has 2 aromatic rings. The molecule has 21 heavy (non-hydrogen) atoms. The van der Waals surface area contributed by atoms with Crippen LogP contribution in [-0.4, -0.2) is 20.6 Å². The number of aromatic nitrogens is 3. The summed E-state index contributed by atoms with van der Waals surface area (Å²) in [6.07, 6.45) is 0.396. The van der Waals surface area contributed by atoms with E-state index in [9.17, 15) is 13.2 Å². The highest BCUT2D eigenvalue weighted by atomic mass is 19.4. The first-order valence-corrected chi connectivity index (χ1v) is 6.99. The molecule has 0 spiro atoms. The third kappa shape index (κ3) is 3.65. The molecule has 4 nitrogen and oxygen atoms in total. The topological polar surface area (TPSA) is 42.2 Å². The molecule has 0 bridgehead atoms. The number of alkyl halides is 3. The molecule has 0 aliphatic rings. The lowest BCUT2D eigenvalue weighted by atomic mass is 10.0. The quantitative estimate of drug-likeness (QED) is 0.908. The first-order chi connectivity index (χ1) is 9.81. The SMILES string of the molecule is CCC(C)CC(C)Nc1nccn2nc(C(F)(F)F)cc12. The van der Waals surface area contributed by atoms with Gasteiger partial charge in [-0.05, 0) is 19.3 Å². The van der Waals surface area contributed by atoms with Crippen molar-refractivity contribution in [3.05, 3.63) is 24.2 Å². The van der Waals surface area contributed by atoms with Crippen LogP contribution < -0.4 is 5.32 Å². The van der Waals surface area contributed by atoms with Gasteiger partial charge in [0.1, 0.15) is 5.52 Å². The standard InChI is InChI=1S/C14H19F3N4/c1-4-9(2)7-10(3)19-13-11-8-12(14(15,16)17)20-21(11)6-5-18-13/h5-6,8-10H,4,7H2,1-3H3,(H,18,19). The van der Waals surface area contributed by atoms with E-state index in [4.69, 9.17) is 0 Å². The van der Waals surface area contributed by atoms with Crippen molar-refractivity contribution in [3.8, 4) is 0 Å². The molecular weight excluding hydrogens is 281 g/mol. The third-order valence-electron chi connectivity index (χ3n) is 3.52. The first kappa shape index (κ1) is 15.6. The van der Waals surface area contributed by atoms with Crippen LogP contribution in [0.4, 0.5) is 19.0 Å². The van der Waals surface area contributed by atoms with Crippen molar-refractivity contribution in [1.29, 1.82) is 0 Å². The minimum atomic E-state index is -4.45. The second-order valence-corrected chi connectivity index (χ2v) is 5.43. The molecule has 0 radical (unpaired) electrons. The molecule has 0 aromatic carbocycles. The maximum absolute atomic E-state index is 12.7. The van der Waals surface area contributed by atoms with Crippen LogP contribution in [0.2, 0.25) is 0 Å². The second kappa shape index (κ2) is 5.91. The molecular formula is C14H19F3N4. The highest BCUT2D eigenvalue weighted by Gasteiger charge is 2.34.